The minimum Gasteiger partial charge on any atom is -0.471 e. The van der Waals surface area contributed by atoms with E-state index >= 15 is 0 Å². The molecule has 1 amide bonds. The maximum absolute atomic E-state index is 14.6. The summed E-state index contributed by atoms with van der Waals surface area (Å²) in [4.78, 5) is 18.3. The van der Waals surface area contributed by atoms with Crippen molar-refractivity contribution in [3.8, 4) is 17.3 Å². The van der Waals surface area contributed by atoms with Crippen molar-refractivity contribution < 1.29 is 23.0 Å². The van der Waals surface area contributed by atoms with Crippen molar-refractivity contribution in [3.63, 3.8) is 0 Å². The number of hydrogen-bond donors (Lipinski definition) is 0. The van der Waals surface area contributed by atoms with E-state index in [0.717, 1.165) is 0 Å². The minimum absolute atomic E-state index is 0.0672. The molecule has 0 unspecified atom stereocenters. The molecule has 2 aromatic rings. The van der Waals surface area contributed by atoms with Crippen molar-refractivity contribution in [3.05, 3.63) is 58.8 Å². The first kappa shape index (κ1) is 26.7. The quantitative estimate of drug-likeness (QED) is 0.366. The van der Waals surface area contributed by atoms with Crippen molar-refractivity contribution >= 4 is 14.2 Å². The van der Waals surface area contributed by atoms with E-state index in [1.807, 2.05) is 20.8 Å². The van der Waals surface area contributed by atoms with E-state index in [2.05, 4.69) is 36.1 Å². The fourth-order valence-corrected chi connectivity index (χ4v) is 4.12. The molecule has 1 aromatic carbocycles. The molecule has 1 aliphatic rings. The molecule has 0 radical (unpaired) electrons. The maximum Gasteiger partial charge on any atom is 0.410 e. The van der Waals surface area contributed by atoms with E-state index in [4.69, 9.17) is 9.47 Å². The lowest BCUT2D eigenvalue weighted by atomic mass is 9.93. The van der Waals surface area contributed by atoms with Crippen LogP contribution in [0.3, 0.4) is 0 Å². The van der Waals surface area contributed by atoms with Gasteiger partial charge in [-0.05, 0) is 57.9 Å². The number of ether oxygens (including phenoxy) is 2. The summed E-state index contributed by atoms with van der Waals surface area (Å²) < 4.78 is 39.9. The Morgan fingerprint density at radius 2 is 1.80 bits per heavy atom. The highest BCUT2D eigenvalue weighted by atomic mass is 28.3. The van der Waals surface area contributed by atoms with Gasteiger partial charge in [-0.25, -0.2) is 18.6 Å². The number of hydrogen-bond acceptors (Lipinski definition) is 4. The van der Waals surface area contributed by atoms with E-state index in [1.165, 1.54) is 12.1 Å². The Hall–Kier alpha value is -2.92. The van der Waals surface area contributed by atoms with Crippen LogP contribution < -0.4 is 4.74 Å². The summed E-state index contributed by atoms with van der Waals surface area (Å²) in [7, 11) is -1.56. The molecule has 2 heterocycles. The van der Waals surface area contributed by atoms with Gasteiger partial charge in [-0.3, -0.25) is 0 Å². The van der Waals surface area contributed by atoms with Crippen molar-refractivity contribution in [2.24, 2.45) is 0 Å². The van der Waals surface area contributed by atoms with Gasteiger partial charge in [-0.2, -0.15) is 0 Å². The van der Waals surface area contributed by atoms with Gasteiger partial charge in [0, 0.05) is 35.8 Å². The summed E-state index contributed by atoms with van der Waals surface area (Å²) in [5.74, 6) is 1.90. The molecule has 0 atom stereocenters. The summed E-state index contributed by atoms with van der Waals surface area (Å²) in [6.07, 6.45) is 1.05. The van der Waals surface area contributed by atoms with Crippen LogP contribution >= 0.6 is 0 Å². The van der Waals surface area contributed by atoms with Crippen LogP contribution in [0.1, 0.15) is 56.4 Å². The van der Waals surface area contributed by atoms with Gasteiger partial charge in [-0.1, -0.05) is 31.6 Å². The first-order valence-corrected chi connectivity index (χ1v) is 15.4. The number of carbonyl (C=O) groups is 1. The maximum atomic E-state index is 14.6. The van der Waals surface area contributed by atoms with Gasteiger partial charge in [0.15, 0.2) is 5.82 Å². The lowest BCUT2D eigenvalue weighted by Gasteiger charge is -2.33. The zero-order valence-electron chi connectivity index (χ0n) is 21.4. The molecule has 0 bridgehead atoms. The van der Waals surface area contributed by atoms with Crippen molar-refractivity contribution in [2.45, 2.75) is 71.4 Å². The van der Waals surface area contributed by atoms with Crippen LogP contribution in [0.2, 0.25) is 19.6 Å². The van der Waals surface area contributed by atoms with Crippen molar-refractivity contribution in [2.75, 3.05) is 13.1 Å². The SMILES string of the molecule is CC(C)(C)OC(=O)N1CCC(c2ccc(F)c(OCc3ccc(C#C[Si](C)(C)C)cc3F)n2)CC1. The molecule has 1 saturated heterocycles. The van der Waals surface area contributed by atoms with Crippen LogP contribution in [0.5, 0.6) is 5.88 Å². The number of carbonyl (C=O) groups excluding carboxylic acids is 1. The van der Waals surface area contributed by atoms with Crippen LogP contribution in [0.25, 0.3) is 0 Å². The predicted molar refractivity (Wildman–Crippen MR) is 135 cm³/mol. The number of halogens is 2. The smallest absolute Gasteiger partial charge is 0.410 e. The molecule has 0 aliphatic carbocycles. The summed E-state index contributed by atoms with van der Waals surface area (Å²) in [6, 6.07) is 7.70. The topological polar surface area (TPSA) is 51.7 Å². The molecule has 0 spiro atoms. The molecule has 1 aromatic heterocycles. The van der Waals surface area contributed by atoms with Gasteiger partial charge in [0.2, 0.25) is 0 Å². The Kier molecular flexibility index (Phi) is 8.21. The molecule has 5 nitrogen and oxygen atoms in total. The van der Waals surface area contributed by atoms with Crippen molar-refractivity contribution in [1.82, 2.24) is 9.88 Å². The van der Waals surface area contributed by atoms with E-state index in [1.54, 1.807) is 23.1 Å². The van der Waals surface area contributed by atoms with Gasteiger partial charge in [0.25, 0.3) is 5.88 Å². The van der Waals surface area contributed by atoms with Crippen molar-refractivity contribution in [1.29, 1.82) is 0 Å². The first-order valence-electron chi connectivity index (χ1n) is 11.9. The third kappa shape index (κ3) is 8.07. The highest BCUT2D eigenvalue weighted by Gasteiger charge is 2.28. The average Bonchev–Trinajstić information content (AvgIpc) is 2.76. The van der Waals surface area contributed by atoms with E-state index < -0.39 is 25.3 Å². The van der Waals surface area contributed by atoms with Gasteiger partial charge in [0.05, 0.1) is 0 Å². The van der Waals surface area contributed by atoms with Gasteiger partial charge >= 0.3 is 6.09 Å². The largest absolute Gasteiger partial charge is 0.471 e. The number of rotatable bonds is 4. The zero-order valence-corrected chi connectivity index (χ0v) is 22.4. The zero-order chi connectivity index (χ0) is 25.8. The van der Waals surface area contributed by atoms with Crippen LogP contribution in [-0.2, 0) is 11.3 Å². The van der Waals surface area contributed by atoms with Gasteiger partial charge in [-0.15, -0.1) is 5.54 Å². The minimum atomic E-state index is -1.56. The Morgan fingerprint density at radius 1 is 1.11 bits per heavy atom. The second kappa shape index (κ2) is 10.8. The number of amides is 1. The molecule has 35 heavy (non-hydrogen) atoms. The Labute approximate surface area is 207 Å². The van der Waals surface area contributed by atoms with Crippen LogP contribution in [0.15, 0.2) is 30.3 Å². The van der Waals surface area contributed by atoms with E-state index in [0.29, 0.717) is 42.8 Å². The molecule has 0 N–H and O–H groups in total. The lowest BCUT2D eigenvalue weighted by Crippen LogP contribution is -2.41. The monoisotopic (exact) mass is 500 g/mol. The summed E-state index contributed by atoms with van der Waals surface area (Å²) in [6.45, 7) is 12.8. The van der Waals surface area contributed by atoms with E-state index in [9.17, 15) is 13.6 Å². The summed E-state index contributed by atoms with van der Waals surface area (Å²) in [5, 5.41) is 0. The van der Waals surface area contributed by atoms with Crippen LogP contribution in [0.4, 0.5) is 13.6 Å². The first-order chi connectivity index (χ1) is 16.3. The van der Waals surface area contributed by atoms with Crippen LogP contribution in [0, 0.1) is 23.1 Å². The number of piperidine rings is 1. The number of likely N-dealkylation sites (tertiary alicyclic amines) is 1. The van der Waals surface area contributed by atoms with Gasteiger partial charge in [0.1, 0.15) is 26.1 Å². The summed E-state index contributed by atoms with van der Waals surface area (Å²) >= 11 is 0. The van der Waals surface area contributed by atoms with Crippen LogP contribution in [-0.4, -0.2) is 42.7 Å². The molecule has 188 valence electrons. The second-order valence-electron chi connectivity index (χ2n) is 10.9. The predicted octanol–water partition coefficient (Wildman–Crippen LogP) is 6.28. The highest BCUT2D eigenvalue weighted by Crippen LogP contribution is 2.30. The molecule has 8 heteroatoms. The number of aromatic nitrogens is 1. The lowest BCUT2D eigenvalue weighted by molar-refractivity contribution is 0.0204. The second-order valence-corrected chi connectivity index (χ2v) is 15.6. The number of nitrogens with zero attached hydrogens (tertiary/aromatic N) is 2. The Morgan fingerprint density at radius 3 is 2.40 bits per heavy atom. The normalized spacial score (nSPS) is 14.8. The number of benzene rings is 1. The fourth-order valence-electron chi connectivity index (χ4n) is 3.60. The molecule has 0 saturated carbocycles. The average molecular weight is 501 g/mol. The Bertz CT molecular complexity index is 1120. The summed E-state index contributed by atoms with van der Waals surface area (Å²) in [5.41, 5.74) is 4.28. The molecule has 3 rings (SSSR count). The highest BCUT2D eigenvalue weighted by molar-refractivity contribution is 6.83. The third-order valence-corrected chi connectivity index (χ3v) is 6.27. The fraction of sp³-hybridized carbons (Fsp3) is 0.481. The molecular formula is C27H34F2N2O3Si. The van der Waals surface area contributed by atoms with Gasteiger partial charge < -0.3 is 14.4 Å². The molecule has 1 aliphatic heterocycles. The third-order valence-electron chi connectivity index (χ3n) is 5.40. The standard InChI is InChI=1S/C27H34F2N2O3Si/c1-27(2,3)34-26(32)31-14-11-20(12-15-31)24-10-9-22(28)25(30-24)33-18-21-8-7-19(17-23(21)29)13-16-35(4,5)6/h7-10,17,20H,11-12,14-15,18H2,1-6H3. The molecule has 1 fully saturated rings. The Balaban J connectivity index is 1.62. The molecular weight excluding hydrogens is 466 g/mol. The number of pyridine rings is 1. The van der Waals surface area contributed by atoms with E-state index in [-0.39, 0.29) is 24.5 Å².